The topological polar surface area (TPSA) is 173 Å². The maximum absolute atomic E-state index is 11.6. The summed E-state index contributed by atoms with van der Waals surface area (Å²) in [5.41, 5.74) is 3.13. The van der Waals surface area contributed by atoms with Gasteiger partial charge in [0.1, 0.15) is 34.0 Å². The zero-order valence-electron chi connectivity index (χ0n) is 23.2. The summed E-state index contributed by atoms with van der Waals surface area (Å²) in [6.07, 6.45) is 5.32. The van der Waals surface area contributed by atoms with Crippen LogP contribution < -0.4 is 153 Å². The maximum atomic E-state index is 11.6. The zero-order chi connectivity index (χ0) is 27.5. The number of fused-ring (bicyclic) bond motifs is 2. The van der Waals surface area contributed by atoms with Crippen molar-refractivity contribution in [2.45, 2.75) is 10.4 Å². The van der Waals surface area contributed by atoms with Gasteiger partial charge in [-0.3, -0.25) is 14.6 Å². The minimum absolute atomic E-state index is 0. The van der Waals surface area contributed by atoms with Crippen LogP contribution in [-0.2, 0) is 9.68 Å². The van der Waals surface area contributed by atoms with Gasteiger partial charge in [0.05, 0.1) is 0 Å². The fraction of sp³-hybridized carbons (Fsp3) is 0.125. The molecule has 5 aromatic rings. The number of oxazole rings is 2. The molecule has 0 spiro atoms. The van der Waals surface area contributed by atoms with Crippen molar-refractivity contribution < 1.29 is 178 Å². The Morgan fingerprint density at radius 2 is 1.52 bits per heavy atom. The smallest absolute Gasteiger partial charge is 1.00 e. The van der Waals surface area contributed by atoms with Crippen LogP contribution in [0.2, 0.25) is 0 Å². The fourth-order valence-electron chi connectivity index (χ4n) is 2.88. The van der Waals surface area contributed by atoms with Crippen LogP contribution in [-0.4, -0.2) is 52.0 Å². The Kier molecular flexibility index (Phi) is 18.8. The number of amides is 1. The molecule has 40 heavy (non-hydrogen) atoms. The number of carbonyl (C=O) groups is 2. The summed E-state index contributed by atoms with van der Waals surface area (Å²) in [5, 5.41) is 21.3. The SMILES string of the molecule is CNC(=O)c1cc(Oc2ccc3nc(SC)oc3c2)ccn1.CSc1nc2ccc(O)cc2o1.O=CO[O-].[Cs+].[Cs+].[H-]. The van der Waals surface area contributed by atoms with E-state index in [4.69, 9.17) is 28.7 Å². The Bertz CT molecular complexity index is 1540. The monoisotopic (exact) mass is 824 g/mol. The van der Waals surface area contributed by atoms with E-state index in [1.54, 1.807) is 49.5 Å². The second-order valence-corrected chi connectivity index (χ2v) is 8.41. The van der Waals surface area contributed by atoms with E-state index in [0.29, 0.717) is 38.8 Å². The van der Waals surface area contributed by atoms with Gasteiger partial charge in [-0.1, -0.05) is 23.5 Å². The molecule has 16 heteroatoms. The van der Waals surface area contributed by atoms with Crippen molar-refractivity contribution in [2.24, 2.45) is 0 Å². The first-order valence-electron chi connectivity index (χ1n) is 10.6. The van der Waals surface area contributed by atoms with E-state index >= 15 is 0 Å². The van der Waals surface area contributed by atoms with Gasteiger partial charge in [0.2, 0.25) is 0 Å². The molecule has 200 valence electrons. The van der Waals surface area contributed by atoms with Gasteiger partial charge in [-0.2, -0.15) is 0 Å². The first-order valence-corrected chi connectivity index (χ1v) is 13.0. The summed E-state index contributed by atoms with van der Waals surface area (Å²) in [6.45, 7) is -0.181. The molecule has 0 aliphatic rings. The largest absolute Gasteiger partial charge is 1.00 e. The number of pyridine rings is 1. The number of ether oxygens (including phenoxy) is 1. The molecule has 0 saturated heterocycles. The van der Waals surface area contributed by atoms with Crippen molar-refractivity contribution in [1.29, 1.82) is 0 Å². The summed E-state index contributed by atoms with van der Waals surface area (Å²) in [4.78, 5) is 35.3. The van der Waals surface area contributed by atoms with Crippen molar-refractivity contribution in [3.63, 3.8) is 0 Å². The van der Waals surface area contributed by atoms with E-state index in [1.165, 1.54) is 29.7 Å². The van der Waals surface area contributed by atoms with E-state index in [-0.39, 0.29) is 157 Å². The molecule has 5 rings (SSSR count). The van der Waals surface area contributed by atoms with Gasteiger partial charge in [0.15, 0.2) is 11.2 Å². The van der Waals surface area contributed by atoms with E-state index in [0.717, 1.165) is 11.0 Å². The van der Waals surface area contributed by atoms with Crippen LogP contribution in [0.4, 0.5) is 0 Å². The molecule has 2 N–H and O–H groups in total. The number of hydrogen-bond acceptors (Lipinski definition) is 13. The third kappa shape index (κ3) is 11.5. The van der Waals surface area contributed by atoms with E-state index in [1.807, 2.05) is 18.6 Å². The molecule has 12 nitrogen and oxygen atoms in total. The van der Waals surface area contributed by atoms with Gasteiger partial charge in [-0.15, -0.1) is 0 Å². The Balaban J connectivity index is 0.000000717. The number of aromatic nitrogens is 3. The van der Waals surface area contributed by atoms with Crippen LogP contribution in [0.5, 0.6) is 17.2 Å². The van der Waals surface area contributed by atoms with E-state index < -0.39 is 0 Å². The number of thioether (sulfide) groups is 2. The Hall–Kier alpha value is -0.166. The number of phenolic OH excluding ortho intramolecular Hbond substituents is 1. The Labute approximate surface area is 356 Å². The zero-order valence-corrected chi connectivity index (χ0v) is 36.4. The van der Waals surface area contributed by atoms with Crippen molar-refractivity contribution >= 4 is 58.1 Å². The van der Waals surface area contributed by atoms with Crippen molar-refractivity contribution in [3.8, 4) is 17.2 Å². The molecule has 0 fully saturated rings. The molecule has 1 amide bonds. The van der Waals surface area contributed by atoms with Crippen LogP contribution >= 0.6 is 23.5 Å². The van der Waals surface area contributed by atoms with Crippen LogP contribution in [0.25, 0.3) is 22.2 Å². The van der Waals surface area contributed by atoms with Crippen molar-refractivity contribution in [3.05, 3.63) is 60.4 Å². The van der Waals surface area contributed by atoms with Crippen molar-refractivity contribution in [1.82, 2.24) is 20.3 Å². The number of phenols is 1. The first kappa shape index (κ1) is 37.9. The molecule has 0 radical (unpaired) electrons. The fourth-order valence-corrected chi connectivity index (χ4v) is 3.60. The number of benzene rings is 2. The average Bonchev–Trinajstić information content (AvgIpc) is 3.56. The molecule has 0 unspecified atom stereocenters. The molecule has 0 aliphatic carbocycles. The minimum atomic E-state index is -0.263. The van der Waals surface area contributed by atoms with Gasteiger partial charge >= 0.3 is 138 Å². The van der Waals surface area contributed by atoms with E-state index in [9.17, 15) is 4.79 Å². The number of rotatable bonds is 6. The van der Waals surface area contributed by atoms with Gasteiger partial charge < -0.3 is 35.6 Å². The van der Waals surface area contributed by atoms with Crippen LogP contribution in [0, 0.1) is 0 Å². The van der Waals surface area contributed by atoms with Crippen LogP contribution in [0.15, 0.2) is 74.0 Å². The summed E-state index contributed by atoms with van der Waals surface area (Å²) in [6, 6.07) is 13.5. The molecule has 0 atom stereocenters. The summed E-state index contributed by atoms with van der Waals surface area (Å²) in [7, 11) is 1.55. The van der Waals surface area contributed by atoms with Crippen molar-refractivity contribution in [2.75, 3.05) is 19.6 Å². The Morgan fingerprint density at radius 1 is 0.975 bits per heavy atom. The standard InChI is InChI=1S/C15H13N3O3S.C8H7NO2S.CH2O3.2Cs.H/c1-16-14(19)12-7-10(5-6-17-12)20-9-3-4-11-13(8-9)21-15(18-11)22-2;1-12-8-9-6-3-2-5(10)4-7(6)11-8;2-1-4-3;;;/h3-8H,1-2H3,(H,16,19);2-4,10H,1H3;1,3H;;;/q;;;2*+1;-1/p-1. The van der Waals surface area contributed by atoms with Crippen LogP contribution in [0.1, 0.15) is 11.9 Å². The first-order chi connectivity index (χ1) is 18.4. The normalized spacial score (nSPS) is 9.60. The van der Waals surface area contributed by atoms with Crippen LogP contribution in [0.3, 0.4) is 0 Å². The number of aromatic hydroxyl groups is 1. The predicted octanol–water partition coefficient (Wildman–Crippen LogP) is -2.09. The molecule has 3 heterocycles. The number of hydrogen-bond donors (Lipinski definition) is 2. The van der Waals surface area contributed by atoms with Gasteiger partial charge in [-0.05, 0) is 42.8 Å². The quantitative estimate of drug-likeness (QED) is 0.0828. The summed E-state index contributed by atoms with van der Waals surface area (Å²) in [5.74, 6) is 1.06. The molecule has 0 saturated carbocycles. The predicted molar refractivity (Wildman–Crippen MR) is 139 cm³/mol. The molecule has 2 aromatic carbocycles. The van der Waals surface area contributed by atoms with Gasteiger partial charge in [0, 0.05) is 31.4 Å². The molecular weight excluding hydrogens is 802 g/mol. The molecule has 0 aliphatic heterocycles. The molecule has 3 aromatic heterocycles. The van der Waals surface area contributed by atoms with Gasteiger partial charge in [-0.25, -0.2) is 9.97 Å². The summed E-state index contributed by atoms with van der Waals surface area (Å²) >= 11 is 2.88. The molecular formula is C24H22Cs2N4O8S2. The third-order valence-electron chi connectivity index (χ3n) is 4.51. The summed E-state index contributed by atoms with van der Waals surface area (Å²) < 4.78 is 16.6. The molecule has 0 bridgehead atoms. The van der Waals surface area contributed by atoms with Gasteiger partial charge in [0.25, 0.3) is 22.8 Å². The Morgan fingerprint density at radius 3 is 2.08 bits per heavy atom. The second kappa shape index (κ2) is 19.9. The number of nitrogens with one attached hydrogen (secondary N) is 1. The maximum Gasteiger partial charge on any atom is 1.00 e. The minimum Gasteiger partial charge on any atom is -1.00 e. The van der Waals surface area contributed by atoms with E-state index in [2.05, 4.69) is 25.2 Å². The average molecular weight is 824 g/mol. The third-order valence-corrected chi connectivity index (χ3v) is 5.56. The number of nitrogens with zero attached hydrogens (tertiary/aromatic N) is 3. The number of carbonyl (C=O) groups excluding carboxylic acids is 2. The second-order valence-electron chi connectivity index (χ2n) is 6.90.